The summed E-state index contributed by atoms with van der Waals surface area (Å²) < 4.78 is 20.9. The summed E-state index contributed by atoms with van der Waals surface area (Å²) in [5, 5.41) is 0. The molecular weight excluding hydrogens is 553 g/mol. The van der Waals surface area contributed by atoms with E-state index in [1.54, 1.807) is 24.1 Å². The normalized spacial score (nSPS) is 19.1. The highest BCUT2D eigenvalue weighted by Crippen LogP contribution is 2.45. The van der Waals surface area contributed by atoms with Crippen LogP contribution in [0.3, 0.4) is 0 Å². The lowest BCUT2D eigenvalue weighted by Crippen LogP contribution is -2.31. The van der Waals surface area contributed by atoms with E-state index in [1.165, 1.54) is 29.0 Å². The average molecular weight is 586 g/mol. The molecule has 7 rings (SSSR count). The summed E-state index contributed by atoms with van der Waals surface area (Å²) in [5.74, 6) is 1.75. The number of aromatic nitrogens is 5. The zero-order valence-corrected chi connectivity index (χ0v) is 24.4. The molecule has 0 amide bonds. The number of ether oxygens (including phenoxy) is 1. The highest BCUT2D eigenvalue weighted by atomic mass is 32.1. The van der Waals surface area contributed by atoms with Crippen LogP contribution in [0.2, 0.25) is 0 Å². The van der Waals surface area contributed by atoms with E-state index in [-0.39, 0.29) is 22.8 Å². The van der Waals surface area contributed by atoms with Gasteiger partial charge in [0.15, 0.2) is 11.6 Å². The molecule has 216 valence electrons. The number of aromatic amines is 2. The lowest BCUT2D eigenvalue weighted by Gasteiger charge is -2.26. The number of anilines is 1. The number of nitrogens with one attached hydrogen (secondary N) is 2. The zero-order valence-electron chi connectivity index (χ0n) is 23.6. The van der Waals surface area contributed by atoms with Crippen molar-refractivity contribution in [2.45, 2.75) is 39.2 Å². The Labute approximate surface area is 246 Å². The van der Waals surface area contributed by atoms with Crippen molar-refractivity contribution < 1.29 is 9.13 Å². The summed E-state index contributed by atoms with van der Waals surface area (Å²) in [7, 11) is 0. The molecule has 2 aromatic carbocycles. The van der Waals surface area contributed by atoms with E-state index in [2.05, 4.69) is 60.7 Å². The SMILES string of the molecule is CC(C)c1ncsc1-c1cc(F)ccc1Oc1cncnc1N1CCC2(CCN(Cc3ccc4[nH]c(=O)[nH]c4c3)C2)C1. The molecule has 2 aliphatic rings. The number of benzene rings is 2. The Morgan fingerprint density at radius 3 is 2.79 bits per heavy atom. The van der Waals surface area contributed by atoms with E-state index in [0.717, 1.165) is 73.0 Å². The predicted octanol–water partition coefficient (Wildman–Crippen LogP) is 5.93. The van der Waals surface area contributed by atoms with Crippen molar-refractivity contribution in [2.75, 3.05) is 31.1 Å². The van der Waals surface area contributed by atoms with Crippen LogP contribution in [0.15, 0.2) is 59.2 Å². The number of hydrogen-bond donors (Lipinski definition) is 2. The van der Waals surface area contributed by atoms with Crippen molar-refractivity contribution in [1.29, 1.82) is 0 Å². The third kappa shape index (κ3) is 5.07. The second kappa shape index (κ2) is 10.6. The quantitative estimate of drug-likeness (QED) is 0.244. The number of H-pyrrole nitrogens is 2. The zero-order chi connectivity index (χ0) is 28.8. The van der Waals surface area contributed by atoms with E-state index >= 15 is 0 Å². The molecule has 2 saturated heterocycles. The van der Waals surface area contributed by atoms with E-state index < -0.39 is 0 Å². The number of likely N-dealkylation sites (tertiary alicyclic amines) is 1. The van der Waals surface area contributed by atoms with E-state index in [0.29, 0.717) is 17.1 Å². The minimum atomic E-state index is -0.321. The second-order valence-corrected chi connectivity index (χ2v) is 12.6. The molecule has 42 heavy (non-hydrogen) atoms. The fraction of sp³-hybridized carbons (Fsp3) is 0.355. The third-order valence-electron chi connectivity index (χ3n) is 8.45. The number of hydrogen-bond acceptors (Lipinski definition) is 8. The van der Waals surface area contributed by atoms with Gasteiger partial charge in [-0.05, 0) is 61.2 Å². The molecule has 1 unspecified atom stereocenters. The van der Waals surface area contributed by atoms with Crippen LogP contribution in [0.25, 0.3) is 21.5 Å². The van der Waals surface area contributed by atoms with Crippen molar-refractivity contribution in [2.24, 2.45) is 5.41 Å². The van der Waals surface area contributed by atoms with Gasteiger partial charge in [0, 0.05) is 37.2 Å². The molecule has 0 bridgehead atoms. The van der Waals surface area contributed by atoms with Crippen LogP contribution in [0, 0.1) is 11.2 Å². The molecule has 2 aliphatic heterocycles. The number of thiazole rings is 1. The highest BCUT2D eigenvalue weighted by Gasteiger charge is 2.44. The highest BCUT2D eigenvalue weighted by molar-refractivity contribution is 7.13. The van der Waals surface area contributed by atoms with E-state index in [4.69, 9.17) is 4.74 Å². The molecule has 2 fully saturated rings. The Bertz CT molecular complexity index is 1810. The van der Waals surface area contributed by atoms with Crippen LogP contribution in [0.5, 0.6) is 11.5 Å². The monoisotopic (exact) mass is 585 g/mol. The van der Waals surface area contributed by atoms with Crippen molar-refractivity contribution in [1.82, 2.24) is 29.8 Å². The molecule has 9 nitrogen and oxygen atoms in total. The maximum absolute atomic E-state index is 14.4. The third-order valence-corrected chi connectivity index (χ3v) is 9.32. The molecule has 1 atom stereocenters. The molecule has 1 spiro atoms. The smallest absolute Gasteiger partial charge is 0.323 e. The maximum atomic E-state index is 14.4. The van der Waals surface area contributed by atoms with Gasteiger partial charge in [0.05, 0.1) is 33.3 Å². The van der Waals surface area contributed by atoms with Gasteiger partial charge in [-0.15, -0.1) is 11.3 Å². The predicted molar refractivity (Wildman–Crippen MR) is 162 cm³/mol. The van der Waals surface area contributed by atoms with Crippen molar-refractivity contribution in [3.05, 3.63) is 82.0 Å². The number of imidazole rings is 1. The standard InChI is InChI=1S/C31H32FN7O2S/c1-19(2)27-28(42-18-35-27)22-12-21(32)4-6-25(22)41-26-13-33-17-34-29(26)39-10-8-31(16-39)7-9-38(15-31)14-20-3-5-23-24(11-20)37-30(40)36-23/h3-6,11-13,17-19H,7-10,14-16H2,1-2H3,(H2,36,37,40). The minimum absolute atomic E-state index is 0.171. The van der Waals surface area contributed by atoms with Gasteiger partial charge in [-0.1, -0.05) is 19.9 Å². The molecule has 0 saturated carbocycles. The Morgan fingerprint density at radius 1 is 1.05 bits per heavy atom. The summed E-state index contributed by atoms with van der Waals surface area (Å²) in [6, 6.07) is 10.7. The number of fused-ring (bicyclic) bond motifs is 1. The van der Waals surface area contributed by atoms with Gasteiger partial charge in [-0.2, -0.15) is 0 Å². The van der Waals surface area contributed by atoms with Crippen LogP contribution in [-0.2, 0) is 6.54 Å². The second-order valence-electron chi connectivity index (χ2n) is 11.8. The number of halogens is 1. The fourth-order valence-corrected chi connectivity index (χ4v) is 7.39. The van der Waals surface area contributed by atoms with Gasteiger partial charge < -0.3 is 19.6 Å². The summed E-state index contributed by atoms with van der Waals surface area (Å²) in [4.78, 5) is 36.5. The summed E-state index contributed by atoms with van der Waals surface area (Å²) in [6.45, 7) is 8.78. The summed E-state index contributed by atoms with van der Waals surface area (Å²) in [6.07, 6.45) is 5.43. The summed E-state index contributed by atoms with van der Waals surface area (Å²) >= 11 is 1.49. The van der Waals surface area contributed by atoms with Crippen molar-refractivity contribution >= 4 is 28.2 Å². The van der Waals surface area contributed by atoms with Crippen LogP contribution in [0.1, 0.15) is 43.9 Å². The number of rotatable bonds is 7. The lowest BCUT2D eigenvalue weighted by molar-refractivity contribution is 0.270. The first-order valence-electron chi connectivity index (χ1n) is 14.3. The first-order valence-corrected chi connectivity index (χ1v) is 15.1. The Kier molecular flexibility index (Phi) is 6.78. The van der Waals surface area contributed by atoms with Crippen molar-refractivity contribution in [3.8, 4) is 21.9 Å². The van der Waals surface area contributed by atoms with Crippen molar-refractivity contribution in [3.63, 3.8) is 0 Å². The van der Waals surface area contributed by atoms with Gasteiger partial charge in [-0.3, -0.25) is 4.90 Å². The molecule has 0 aliphatic carbocycles. The molecule has 0 radical (unpaired) electrons. The van der Waals surface area contributed by atoms with Gasteiger partial charge in [0.25, 0.3) is 0 Å². The Morgan fingerprint density at radius 2 is 1.90 bits per heavy atom. The molecule has 11 heteroatoms. The first-order chi connectivity index (χ1) is 20.4. The van der Waals surface area contributed by atoms with Crippen LogP contribution < -0.4 is 15.3 Å². The van der Waals surface area contributed by atoms with Gasteiger partial charge in [0.1, 0.15) is 17.9 Å². The van der Waals surface area contributed by atoms with Gasteiger partial charge in [0.2, 0.25) is 0 Å². The van der Waals surface area contributed by atoms with Crippen LogP contribution >= 0.6 is 11.3 Å². The van der Waals surface area contributed by atoms with E-state index in [9.17, 15) is 9.18 Å². The molecular formula is C31H32FN7O2S. The first kappa shape index (κ1) is 26.8. The van der Waals surface area contributed by atoms with Gasteiger partial charge >= 0.3 is 5.69 Å². The molecule has 5 heterocycles. The largest absolute Gasteiger partial charge is 0.451 e. The summed E-state index contributed by atoms with van der Waals surface area (Å²) in [5.41, 5.74) is 6.25. The van der Waals surface area contributed by atoms with Crippen LogP contribution in [0.4, 0.5) is 10.2 Å². The minimum Gasteiger partial charge on any atom is -0.451 e. The molecule has 2 N–H and O–H groups in total. The lowest BCUT2D eigenvalue weighted by atomic mass is 9.86. The van der Waals surface area contributed by atoms with Gasteiger partial charge in [-0.25, -0.2) is 24.1 Å². The molecule has 5 aromatic rings. The average Bonchev–Trinajstić information content (AvgIpc) is 3.77. The molecule has 3 aromatic heterocycles. The fourth-order valence-electron chi connectivity index (χ4n) is 6.42. The Hall–Kier alpha value is -4.09. The maximum Gasteiger partial charge on any atom is 0.323 e. The van der Waals surface area contributed by atoms with E-state index in [1.807, 2.05) is 6.07 Å². The Balaban J connectivity index is 1.09. The number of nitrogens with zero attached hydrogens (tertiary/aromatic N) is 5. The van der Waals surface area contributed by atoms with Crippen LogP contribution in [-0.4, -0.2) is 56.0 Å². The topological polar surface area (TPSA) is 103 Å².